The number of hydrogen-bond acceptors (Lipinski definition) is 3. The number of rotatable bonds is 11. The summed E-state index contributed by atoms with van der Waals surface area (Å²) in [6.45, 7) is 0. The van der Waals surface area contributed by atoms with Crippen LogP contribution in [0.4, 0.5) is 0 Å². The second-order valence-corrected chi connectivity index (χ2v) is 18.9. The van der Waals surface area contributed by atoms with E-state index in [1.54, 1.807) is 6.07 Å². The molecular formula is C66H57N3O. The first kappa shape index (κ1) is 39.1. The number of fused-ring (bicyclic) bond motifs is 1. The molecule has 4 nitrogen and oxygen atoms in total. The zero-order valence-electron chi connectivity index (χ0n) is 43.2. The zero-order chi connectivity index (χ0) is 50.4. The highest BCUT2D eigenvalue weighted by Crippen LogP contribution is 2.44. The Morgan fingerprint density at radius 3 is 1.83 bits per heavy atom. The number of aromatic hydroxyl groups is 1. The maximum absolute atomic E-state index is 11.5. The number of hydrogen-bond donors (Lipinski definition) is 1. The number of phenols is 1. The van der Waals surface area contributed by atoms with Gasteiger partial charge in [-0.1, -0.05) is 171 Å². The minimum absolute atomic E-state index is 0.0392. The van der Waals surface area contributed by atoms with Crippen LogP contribution in [0.15, 0.2) is 212 Å². The molecule has 0 aliphatic heterocycles. The lowest BCUT2D eigenvalue weighted by molar-refractivity contribution is 0.396. The summed E-state index contributed by atoms with van der Waals surface area (Å²) < 4.78 is 39.8. The Labute approximate surface area is 417 Å². The number of pyridine rings is 1. The Morgan fingerprint density at radius 2 is 1.10 bits per heavy atom. The lowest BCUT2D eigenvalue weighted by Gasteiger charge is -2.29. The van der Waals surface area contributed by atoms with Gasteiger partial charge in [0.2, 0.25) is 0 Å². The molecule has 2 aromatic heterocycles. The number of benzene rings is 8. The van der Waals surface area contributed by atoms with Crippen LogP contribution in [0.5, 0.6) is 5.75 Å². The molecule has 0 saturated heterocycles. The Bertz CT molecular complexity index is 3640. The van der Waals surface area contributed by atoms with Crippen molar-refractivity contribution in [1.82, 2.24) is 14.5 Å². The van der Waals surface area contributed by atoms with Crippen molar-refractivity contribution in [2.45, 2.75) is 69.5 Å². The fourth-order valence-electron chi connectivity index (χ4n) is 10.9. The predicted molar refractivity (Wildman–Crippen MR) is 289 cm³/mol. The van der Waals surface area contributed by atoms with Crippen LogP contribution in [0.2, 0.25) is 0 Å². The molecule has 0 unspecified atom stereocenters. The predicted octanol–water partition coefficient (Wildman–Crippen LogP) is 17.3. The van der Waals surface area contributed by atoms with Crippen molar-refractivity contribution >= 4 is 11.0 Å². The van der Waals surface area contributed by atoms with Crippen molar-refractivity contribution in [1.29, 1.82) is 0 Å². The van der Waals surface area contributed by atoms with E-state index in [2.05, 4.69) is 120 Å². The van der Waals surface area contributed by atoms with Gasteiger partial charge in [-0.05, 0) is 160 Å². The molecule has 12 rings (SSSR count). The third-order valence-corrected chi connectivity index (χ3v) is 14.6. The minimum atomic E-state index is -1.49. The molecule has 70 heavy (non-hydrogen) atoms. The van der Waals surface area contributed by atoms with Crippen molar-refractivity contribution < 1.29 is 10.6 Å². The van der Waals surface area contributed by atoms with Crippen LogP contribution >= 0.6 is 0 Å². The second-order valence-electron chi connectivity index (χ2n) is 18.9. The normalized spacial score (nSPS) is 19.3. The van der Waals surface area contributed by atoms with E-state index in [-0.39, 0.29) is 11.7 Å². The Morgan fingerprint density at radius 1 is 0.486 bits per heavy atom. The molecule has 0 bridgehead atoms. The van der Waals surface area contributed by atoms with Crippen molar-refractivity contribution in [3.8, 4) is 78.6 Å². The average Bonchev–Trinajstić information content (AvgIpc) is 4.15. The SMILES string of the molecule is [2H]C1(c2ccccc2)CCC([2H])(c2ccc(-c3ccnc(-c4cc(-c5ccccc5)cc(-c5cccc6c5nc(-c5ccccc5O)n6-c5ccc(C([2H])([2H])C6CCCC6)cc5-c5ccccc5)c4)c3)cc2)CC1. The molecule has 0 radical (unpaired) electrons. The van der Waals surface area contributed by atoms with Crippen LogP contribution in [-0.2, 0) is 6.37 Å². The molecule has 4 heteroatoms. The maximum atomic E-state index is 11.5. The molecule has 2 heterocycles. The highest BCUT2D eigenvalue weighted by Gasteiger charge is 2.25. The molecule has 8 aromatic carbocycles. The Kier molecular flexibility index (Phi) is 10.8. The molecule has 2 aliphatic carbocycles. The molecule has 0 spiro atoms. The van der Waals surface area contributed by atoms with Crippen LogP contribution in [-0.4, -0.2) is 19.6 Å². The zero-order valence-corrected chi connectivity index (χ0v) is 39.2. The van der Waals surface area contributed by atoms with Gasteiger partial charge in [0, 0.05) is 28.4 Å². The number of para-hydroxylation sites is 2. The molecule has 2 aliphatic rings. The highest BCUT2D eigenvalue weighted by atomic mass is 16.3. The topological polar surface area (TPSA) is 50.9 Å². The van der Waals surface area contributed by atoms with E-state index in [4.69, 9.17) is 9.97 Å². The first-order chi connectivity index (χ1) is 36.0. The first-order valence-electron chi connectivity index (χ1n) is 26.9. The number of imidazole rings is 1. The fourth-order valence-corrected chi connectivity index (χ4v) is 10.9. The third kappa shape index (κ3) is 8.75. The van der Waals surface area contributed by atoms with Crippen LogP contribution in [0.25, 0.3) is 83.9 Å². The van der Waals surface area contributed by atoms with Gasteiger partial charge in [0.1, 0.15) is 11.6 Å². The standard InChI is InChI=1S/C66H57N3O/c70-64-26-13-12-23-59(64)66-68-65-58(24-14-25-63(65)69(66)62-36-27-46(39-45-15-10-11-16-45)40-60(62)53-21-8-3-9-22-53)56-41-55(48-19-6-2-7-20-48)42-57(43-56)61-44-54(37-38-67-61)52-34-32-51(33-35-52)50-30-28-49(29-31-50)47-17-4-1-5-18-47/h1-9,12-14,17-27,32-38,40-45,49-50,70H,10-11,15-16,28-31,39H2/i39D2,49D,50D. The van der Waals surface area contributed by atoms with Crippen LogP contribution < -0.4 is 0 Å². The van der Waals surface area contributed by atoms with Crippen LogP contribution in [0.3, 0.4) is 0 Å². The first-order valence-corrected chi connectivity index (χ1v) is 24.9. The van der Waals surface area contributed by atoms with Crippen molar-refractivity contribution in [2.75, 3.05) is 0 Å². The van der Waals surface area contributed by atoms with Gasteiger partial charge in [0.15, 0.2) is 0 Å². The average molecular weight is 912 g/mol. The highest BCUT2D eigenvalue weighted by molar-refractivity contribution is 5.98. The van der Waals surface area contributed by atoms with E-state index < -0.39 is 18.2 Å². The van der Waals surface area contributed by atoms with Gasteiger partial charge in [-0.25, -0.2) is 4.98 Å². The Hall–Kier alpha value is -7.82. The van der Waals surface area contributed by atoms with E-state index in [1.165, 1.54) is 0 Å². The molecule has 1 N–H and O–H groups in total. The number of phenolic OH excluding ortho intramolecular Hbond substituents is 1. The monoisotopic (exact) mass is 911 g/mol. The summed E-state index contributed by atoms with van der Waals surface area (Å²) >= 11 is 0. The lowest BCUT2D eigenvalue weighted by atomic mass is 9.76. The molecule has 342 valence electrons. The summed E-state index contributed by atoms with van der Waals surface area (Å²) in [6, 6.07) is 69.6. The molecule has 0 amide bonds. The van der Waals surface area contributed by atoms with Gasteiger partial charge < -0.3 is 5.11 Å². The summed E-state index contributed by atoms with van der Waals surface area (Å²) in [4.78, 5) is 10.5. The van der Waals surface area contributed by atoms with Gasteiger partial charge in [-0.15, -0.1) is 0 Å². The summed E-state index contributed by atoms with van der Waals surface area (Å²) in [5.74, 6) is -0.748. The largest absolute Gasteiger partial charge is 0.507 e. The molecular weight excluding hydrogens is 851 g/mol. The molecule has 10 aromatic rings. The van der Waals surface area contributed by atoms with Gasteiger partial charge in [0.25, 0.3) is 0 Å². The lowest BCUT2D eigenvalue weighted by Crippen LogP contribution is -2.12. The van der Waals surface area contributed by atoms with E-state index in [9.17, 15) is 10.6 Å². The quantitative estimate of drug-likeness (QED) is 0.141. The minimum Gasteiger partial charge on any atom is -0.507 e. The third-order valence-electron chi connectivity index (χ3n) is 14.6. The van der Waals surface area contributed by atoms with E-state index in [1.807, 2.05) is 91.1 Å². The second kappa shape index (κ2) is 19.3. The van der Waals surface area contributed by atoms with E-state index >= 15 is 0 Å². The number of aromatic nitrogens is 3. The van der Waals surface area contributed by atoms with Crippen molar-refractivity contribution in [2.24, 2.45) is 5.92 Å². The summed E-state index contributed by atoms with van der Waals surface area (Å²) in [5, 5.41) is 11.5. The van der Waals surface area contributed by atoms with Crippen molar-refractivity contribution in [3.63, 3.8) is 0 Å². The van der Waals surface area contributed by atoms with Crippen molar-refractivity contribution in [3.05, 3.63) is 229 Å². The van der Waals surface area contributed by atoms with Gasteiger partial charge in [0.05, 0.1) is 28.0 Å². The van der Waals surface area contributed by atoms with Gasteiger partial charge >= 0.3 is 0 Å². The van der Waals surface area contributed by atoms with E-state index in [0.29, 0.717) is 42.6 Å². The fraction of sp³-hybridized carbons (Fsp3) is 0.182. The summed E-state index contributed by atoms with van der Waals surface area (Å²) in [7, 11) is 0. The van der Waals surface area contributed by atoms with Gasteiger partial charge in [-0.3, -0.25) is 9.55 Å². The van der Waals surface area contributed by atoms with Crippen LogP contribution in [0.1, 0.15) is 85.3 Å². The van der Waals surface area contributed by atoms with Gasteiger partial charge in [-0.2, -0.15) is 0 Å². The molecule has 2 saturated carbocycles. The smallest absolute Gasteiger partial charge is 0.149 e. The Balaban J connectivity index is 0.960. The number of nitrogens with zero attached hydrogens (tertiary/aromatic N) is 3. The molecule has 0 atom stereocenters. The van der Waals surface area contributed by atoms with Crippen LogP contribution in [0, 0.1) is 5.92 Å². The summed E-state index contributed by atoms with van der Waals surface area (Å²) in [5.41, 5.74) is 15.4. The summed E-state index contributed by atoms with van der Waals surface area (Å²) in [6.07, 6.45) is 6.81. The van der Waals surface area contributed by atoms with E-state index in [0.717, 1.165) is 109 Å². The molecule has 2 fully saturated rings. The maximum Gasteiger partial charge on any atom is 0.149 e.